The summed E-state index contributed by atoms with van der Waals surface area (Å²) < 4.78 is 6.68. The Morgan fingerprint density at radius 3 is 2.93 bits per heavy atom. The first kappa shape index (κ1) is 7.57. The van der Waals surface area contributed by atoms with Crippen LogP contribution in [0, 0.1) is 0 Å². The standard InChI is InChI=1S/C8H7N5O/c1-2-7(8-4-14-8)9-3-6(1)13-5-10-11-12-13/h1-3,5,8H,4H2/t8-/m0/s1. The summed E-state index contributed by atoms with van der Waals surface area (Å²) in [5.41, 5.74) is 1.81. The molecule has 0 unspecified atom stereocenters. The van der Waals surface area contributed by atoms with E-state index in [1.165, 1.54) is 6.33 Å². The summed E-state index contributed by atoms with van der Waals surface area (Å²) in [6.07, 6.45) is 3.45. The number of hydrogen-bond acceptors (Lipinski definition) is 5. The van der Waals surface area contributed by atoms with E-state index in [9.17, 15) is 0 Å². The number of ether oxygens (including phenoxy) is 1. The van der Waals surface area contributed by atoms with Crippen molar-refractivity contribution < 1.29 is 4.74 Å². The molecule has 0 saturated carbocycles. The molecule has 6 heteroatoms. The maximum absolute atomic E-state index is 5.12. The number of aromatic nitrogens is 5. The van der Waals surface area contributed by atoms with Crippen LogP contribution in [0.15, 0.2) is 24.7 Å². The molecule has 0 bridgehead atoms. The van der Waals surface area contributed by atoms with E-state index in [1.54, 1.807) is 10.9 Å². The molecule has 2 aromatic heterocycles. The highest BCUT2D eigenvalue weighted by Crippen LogP contribution is 2.27. The number of rotatable bonds is 2. The molecule has 14 heavy (non-hydrogen) atoms. The summed E-state index contributed by atoms with van der Waals surface area (Å²) in [5.74, 6) is 0. The molecule has 0 spiro atoms. The van der Waals surface area contributed by atoms with Gasteiger partial charge in [0.15, 0.2) is 0 Å². The summed E-state index contributed by atoms with van der Waals surface area (Å²) >= 11 is 0. The van der Waals surface area contributed by atoms with Gasteiger partial charge in [0.2, 0.25) is 0 Å². The van der Waals surface area contributed by atoms with Crippen molar-refractivity contribution in [3.8, 4) is 5.69 Å². The second-order valence-corrected chi connectivity index (χ2v) is 3.02. The van der Waals surface area contributed by atoms with E-state index in [0.29, 0.717) is 0 Å². The van der Waals surface area contributed by atoms with E-state index in [0.717, 1.165) is 18.0 Å². The zero-order valence-electron chi connectivity index (χ0n) is 7.24. The second kappa shape index (κ2) is 2.85. The Labute approximate surface area is 79.5 Å². The van der Waals surface area contributed by atoms with Gasteiger partial charge in [0, 0.05) is 0 Å². The smallest absolute Gasteiger partial charge is 0.143 e. The third-order valence-electron chi connectivity index (χ3n) is 2.05. The van der Waals surface area contributed by atoms with Crippen molar-refractivity contribution in [2.75, 3.05) is 6.61 Å². The van der Waals surface area contributed by atoms with E-state index >= 15 is 0 Å². The zero-order valence-corrected chi connectivity index (χ0v) is 7.24. The van der Waals surface area contributed by atoms with Gasteiger partial charge in [-0.25, -0.2) is 0 Å². The lowest BCUT2D eigenvalue weighted by molar-refractivity contribution is 0.411. The summed E-state index contributed by atoms with van der Waals surface area (Å²) in [6, 6.07) is 3.84. The Morgan fingerprint density at radius 2 is 2.36 bits per heavy atom. The number of pyridine rings is 1. The summed E-state index contributed by atoms with van der Waals surface area (Å²) in [6.45, 7) is 0.775. The molecule has 1 aliphatic rings. The number of nitrogens with zero attached hydrogens (tertiary/aromatic N) is 5. The van der Waals surface area contributed by atoms with Gasteiger partial charge in [-0.3, -0.25) is 4.98 Å². The second-order valence-electron chi connectivity index (χ2n) is 3.02. The van der Waals surface area contributed by atoms with Crippen LogP contribution in [0.4, 0.5) is 0 Å². The normalized spacial score (nSPS) is 19.6. The maximum Gasteiger partial charge on any atom is 0.143 e. The molecule has 1 fully saturated rings. The van der Waals surface area contributed by atoms with E-state index in [-0.39, 0.29) is 6.10 Å². The van der Waals surface area contributed by atoms with Crippen molar-refractivity contribution in [2.24, 2.45) is 0 Å². The van der Waals surface area contributed by atoms with Gasteiger partial charge in [-0.1, -0.05) is 0 Å². The van der Waals surface area contributed by atoms with Crippen molar-refractivity contribution >= 4 is 0 Å². The first-order valence-electron chi connectivity index (χ1n) is 4.24. The highest BCUT2D eigenvalue weighted by atomic mass is 16.6. The SMILES string of the molecule is c1cc([C@@H]2CO2)ncc1-n1cnnn1. The molecule has 6 nitrogen and oxygen atoms in total. The lowest BCUT2D eigenvalue weighted by Gasteiger charge is -1.98. The van der Waals surface area contributed by atoms with Crippen molar-refractivity contribution in [1.29, 1.82) is 0 Å². The van der Waals surface area contributed by atoms with Crippen LogP contribution in [-0.4, -0.2) is 31.8 Å². The van der Waals surface area contributed by atoms with Gasteiger partial charge in [-0.15, -0.1) is 5.10 Å². The largest absolute Gasteiger partial charge is 0.366 e. The Balaban J connectivity index is 1.93. The Morgan fingerprint density at radius 1 is 1.43 bits per heavy atom. The lowest BCUT2D eigenvalue weighted by Crippen LogP contribution is -1.97. The van der Waals surface area contributed by atoms with Gasteiger partial charge in [0.25, 0.3) is 0 Å². The van der Waals surface area contributed by atoms with Gasteiger partial charge in [-0.2, -0.15) is 4.68 Å². The molecular weight excluding hydrogens is 182 g/mol. The van der Waals surface area contributed by atoms with Crippen LogP contribution in [0.2, 0.25) is 0 Å². The molecule has 70 valence electrons. The fourth-order valence-electron chi connectivity index (χ4n) is 1.22. The van der Waals surface area contributed by atoms with Gasteiger partial charge < -0.3 is 4.74 Å². The zero-order chi connectivity index (χ0) is 9.38. The first-order chi connectivity index (χ1) is 6.93. The van der Waals surface area contributed by atoms with Crippen LogP contribution in [-0.2, 0) is 4.74 Å². The highest BCUT2D eigenvalue weighted by Gasteiger charge is 2.25. The van der Waals surface area contributed by atoms with Gasteiger partial charge in [-0.05, 0) is 22.6 Å². The highest BCUT2D eigenvalue weighted by molar-refractivity contribution is 5.28. The minimum absolute atomic E-state index is 0.193. The molecule has 1 saturated heterocycles. The fraction of sp³-hybridized carbons (Fsp3) is 0.250. The lowest BCUT2D eigenvalue weighted by atomic mass is 10.3. The third-order valence-corrected chi connectivity index (χ3v) is 2.05. The van der Waals surface area contributed by atoms with Crippen LogP contribution >= 0.6 is 0 Å². The minimum Gasteiger partial charge on any atom is -0.366 e. The molecule has 0 aliphatic carbocycles. The number of tetrazole rings is 1. The van der Waals surface area contributed by atoms with Crippen LogP contribution in [0.25, 0.3) is 5.69 Å². The number of hydrogen-bond donors (Lipinski definition) is 0. The van der Waals surface area contributed by atoms with Crippen molar-refractivity contribution in [3.05, 3.63) is 30.4 Å². The fourth-order valence-corrected chi connectivity index (χ4v) is 1.22. The van der Waals surface area contributed by atoms with E-state index < -0.39 is 0 Å². The molecule has 1 atom stereocenters. The summed E-state index contributed by atoms with van der Waals surface area (Å²) in [4.78, 5) is 4.26. The van der Waals surface area contributed by atoms with Crippen molar-refractivity contribution in [3.63, 3.8) is 0 Å². The molecule has 3 heterocycles. The predicted molar refractivity (Wildman–Crippen MR) is 45.6 cm³/mol. The summed E-state index contributed by atoms with van der Waals surface area (Å²) in [5, 5.41) is 10.9. The Bertz CT molecular complexity index is 420. The van der Waals surface area contributed by atoms with Crippen LogP contribution in [0.3, 0.4) is 0 Å². The molecule has 1 aliphatic heterocycles. The minimum atomic E-state index is 0.193. The third kappa shape index (κ3) is 1.25. The molecule has 2 aromatic rings. The topological polar surface area (TPSA) is 69.0 Å². The van der Waals surface area contributed by atoms with Crippen LogP contribution in [0.5, 0.6) is 0 Å². The van der Waals surface area contributed by atoms with Gasteiger partial charge in [0.1, 0.15) is 12.4 Å². The van der Waals surface area contributed by atoms with Crippen LogP contribution in [0.1, 0.15) is 11.8 Å². The molecule has 0 aromatic carbocycles. The predicted octanol–water partition coefficient (Wildman–Crippen LogP) is 0.129. The Kier molecular flexibility index (Phi) is 1.54. The maximum atomic E-state index is 5.12. The van der Waals surface area contributed by atoms with Crippen molar-refractivity contribution in [1.82, 2.24) is 25.2 Å². The van der Waals surface area contributed by atoms with Crippen molar-refractivity contribution in [2.45, 2.75) is 6.10 Å². The Hall–Kier alpha value is -1.82. The van der Waals surface area contributed by atoms with E-state index in [1.807, 2.05) is 12.1 Å². The first-order valence-corrected chi connectivity index (χ1v) is 4.24. The summed E-state index contributed by atoms with van der Waals surface area (Å²) in [7, 11) is 0. The monoisotopic (exact) mass is 189 g/mol. The molecule has 0 amide bonds. The number of epoxide rings is 1. The molecule has 0 N–H and O–H groups in total. The average Bonchev–Trinajstić information content (AvgIpc) is 2.94. The van der Waals surface area contributed by atoms with Gasteiger partial charge >= 0.3 is 0 Å². The average molecular weight is 189 g/mol. The molecule has 3 rings (SSSR count). The molecule has 0 radical (unpaired) electrons. The van der Waals surface area contributed by atoms with Crippen LogP contribution < -0.4 is 0 Å². The molecular formula is C8H7N5O. The van der Waals surface area contributed by atoms with E-state index in [2.05, 4.69) is 20.5 Å². The quantitative estimate of drug-likeness (QED) is 0.628. The van der Waals surface area contributed by atoms with E-state index in [4.69, 9.17) is 4.74 Å². The van der Waals surface area contributed by atoms with Gasteiger partial charge in [0.05, 0.1) is 24.2 Å².